The predicted octanol–water partition coefficient (Wildman–Crippen LogP) is 11.6. The average molecular weight is 771 g/mol. The summed E-state index contributed by atoms with van der Waals surface area (Å²) >= 11 is 0. The van der Waals surface area contributed by atoms with E-state index < -0.39 is 24.2 Å². The molecule has 12 heteroatoms. The maximum atomic E-state index is 14.4. The third-order valence-corrected chi connectivity index (χ3v) is 8.12. The number of unbranched alkanes of at least 4 members (excludes halogenated alkanes) is 5. The van der Waals surface area contributed by atoms with Crippen molar-refractivity contribution in [1.82, 2.24) is 0 Å². The molecule has 0 saturated heterocycles. The number of benzene rings is 4. The van der Waals surface area contributed by atoms with E-state index in [4.69, 9.17) is 19.7 Å². The lowest BCUT2D eigenvalue weighted by atomic mass is 10.0. The molecule has 55 heavy (non-hydrogen) atoms. The van der Waals surface area contributed by atoms with Crippen molar-refractivity contribution >= 4 is 24.1 Å². The predicted molar refractivity (Wildman–Crippen MR) is 200 cm³/mol. The number of carboxylic acids is 2. The smallest absolute Gasteiger partial charge is 0.426 e. The highest BCUT2D eigenvalue weighted by Crippen LogP contribution is 2.33. The van der Waals surface area contributed by atoms with Crippen LogP contribution in [0.2, 0.25) is 0 Å². The molecule has 0 saturated carbocycles. The minimum Gasteiger partial charge on any atom is -0.478 e. The molecular formula is C43H44F6O6. The van der Waals surface area contributed by atoms with E-state index in [1.165, 1.54) is 84.9 Å². The van der Waals surface area contributed by atoms with Gasteiger partial charge in [-0.2, -0.15) is 17.6 Å². The standard InChI is InChI=1S/C22H23F3O3.C21H21F3O3/c23-16-4-2-1-3-5-17-6-11-19(12-7-17)22(24,25)28-20-13-8-18(9-14-20)10-15-21(26)27;22-15-3-1-2-4-16-5-10-18(11-6-16)21(23,24)27-19-12-7-17(8-13-19)9-14-20(25)26/h6-15H,1-5,16H2,(H,26,27);5-14H,1-4,15H2,(H,25,26)/b15-10+;14-9+. The van der Waals surface area contributed by atoms with Crippen LogP contribution in [0.25, 0.3) is 12.2 Å². The first-order chi connectivity index (χ1) is 26.3. The first-order valence-electron chi connectivity index (χ1n) is 17.8. The number of carbonyl (C=O) groups is 2. The van der Waals surface area contributed by atoms with Crippen LogP contribution in [0.3, 0.4) is 0 Å². The SMILES string of the molecule is O=C(O)/C=C/c1ccc(OC(F)(F)c2ccc(CCCCCCF)cc2)cc1.O=C(O)/C=C/c1ccc(OC(F)(F)c2ccc(CCCCCF)cc2)cc1. The Morgan fingerprint density at radius 3 is 1.15 bits per heavy atom. The molecule has 0 fully saturated rings. The number of ether oxygens (including phenoxy) is 2. The van der Waals surface area contributed by atoms with Gasteiger partial charge in [-0.05, 0) is 121 Å². The highest BCUT2D eigenvalue weighted by atomic mass is 19.3. The molecule has 4 rings (SSSR count). The summed E-state index contributed by atoms with van der Waals surface area (Å²) in [5.74, 6) is -2.22. The molecule has 0 bridgehead atoms. The molecule has 0 atom stereocenters. The Balaban J connectivity index is 0.000000296. The van der Waals surface area contributed by atoms with Crippen LogP contribution >= 0.6 is 0 Å². The maximum Gasteiger partial charge on any atom is 0.426 e. The molecule has 0 heterocycles. The van der Waals surface area contributed by atoms with Crippen molar-refractivity contribution in [2.24, 2.45) is 0 Å². The summed E-state index contributed by atoms with van der Waals surface area (Å²) in [7, 11) is 0. The number of alkyl halides is 6. The number of aliphatic carboxylic acids is 2. The van der Waals surface area contributed by atoms with Crippen LogP contribution in [0.4, 0.5) is 26.3 Å². The second-order valence-corrected chi connectivity index (χ2v) is 12.5. The largest absolute Gasteiger partial charge is 0.478 e. The van der Waals surface area contributed by atoms with Gasteiger partial charge in [0, 0.05) is 12.2 Å². The highest BCUT2D eigenvalue weighted by Gasteiger charge is 2.35. The van der Waals surface area contributed by atoms with Gasteiger partial charge in [-0.3, -0.25) is 8.78 Å². The molecule has 4 aromatic carbocycles. The highest BCUT2D eigenvalue weighted by molar-refractivity contribution is 5.85. The lowest BCUT2D eigenvalue weighted by Gasteiger charge is -2.18. The fourth-order valence-corrected chi connectivity index (χ4v) is 5.15. The van der Waals surface area contributed by atoms with E-state index in [1.807, 2.05) is 0 Å². The first-order valence-corrected chi connectivity index (χ1v) is 17.8. The Bertz CT molecular complexity index is 1790. The summed E-state index contributed by atoms with van der Waals surface area (Å²) in [4.78, 5) is 21.0. The summed E-state index contributed by atoms with van der Waals surface area (Å²) in [6, 6.07) is 23.3. The van der Waals surface area contributed by atoms with Crippen molar-refractivity contribution in [2.45, 2.75) is 70.0 Å². The van der Waals surface area contributed by atoms with Crippen molar-refractivity contribution in [3.05, 3.63) is 143 Å². The fourth-order valence-electron chi connectivity index (χ4n) is 5.15. The zero-order valence-electron chi connectivity index (χ0n) is 30.1. The second kappa shape index (κ2) is 22.6. The van der Waals surface area contributed by atoms with E-state index in [1.54, 1.807) is 24.3 Å². The van der Waals surface area contributed by atoms with Crippen molar-refractivity contribution in [3.8, 4) is 11.5 Å². The number of aryl methyl sites for hydroxylation is 2. The minimum absolute atomic E-state index is 0.0191. The molecule has 294 valence electrons. The lowest BCUT2D eigenvalue weighted by Crippen LogP contribution is -2.21. The molecule has 0 aromatic heterocycles. The summed E-state index contributed by atoms with van der Waals surface area (Å²) in [5, 5.41) is 17.2. The number of carboxylic acid groups (broad SMARTS) is 2. The summed E-state index contributed by atoms with van der Waals surface area (Å²) in [6.07, 6.45) is 4.49. The molecule has 6 nitrogen and oxygen atoms in total. The topological polar surface area (TPSA) is 93.1 Å². The number of rotatable bonds is 21. The molecule has 0 unspecified atom stereocenters. The van der Waals surface area contributed by atoms with Crippen LogP contribution in [0.5, 0.6) is 11.5 Å². The first kappa shape index (κ1) is 43.9. The molecule has 0 spiro atoms. The van der Waals surface area contributed by atoms with E-state index in [2.05, 4.69) is 0 Å². The Morgan fingerprint density at radius 1 is 0.491 bits per heavy atom. The van der Waals surface area contributed by atoms with Gasteiger partial charge in [-0.1, -0.05) is 67.8 Å². The van der Waals surface area contributed by atoms with Crippen LogP contribution in [-0.2, 0) is 34.6 Å². The van der Waals surface area contributed by atoms with Gasteiger partial charge in [-0.15, -0.1) is 0 Å². The minimum atomic E-state index is -3.49. The van der Waals surface area contributed by atoms with Crippen molar-refractivity contribution in [3.63, 3.8) is 0 Å². The summed E-state index contributed by atoms with van der Waals surface area (Å²) in [6.45, 7) is -0.634. The van der Waals surface area contributed by atoms with Gasteiger partial charge in [0.2, 0.25) is 0 Å². The van der Waals surface area contributed by atoms with Crippen molar-refractivity contribution < 1.29 is 55.6 Å². The van der Waals surface area contributed by atoms with Gasteiger partial charge >= 0.3 is 24.2 Å². The van der Waals surface area contributed by atoms with Crippen LogP contribution < -0.4 is 9.47 Å². The Morgan fingerprint density at radius 2 is 0.818 bits per heavy atom. The number of hydrogen-bond donors (Lipinski definition) is 2. The third kappa shape index (κ3) is 16.6. The third-order valence-electron chi connectivity index (χ3n) is 8.12. The lowest BCUT2D eigenvalue weighted by molar-refractivity contribution is -0.186. The van der Waals surface area contributed by atoms with Crippen LogP contribution in [0.15, 0.2) is 109 Å². The molecule has 0 aliphatic rings. The van der Waals surface area contributed by atoms with Crippen LogP contribution in [0.1, 0.15) is 78.3 Å². The Hall–Kier alpha value is -5.52. The Labute approximate surface area is 316 Å². The monoisotopic (exact) mass is 770 g/mol. The quantitative estimate of drug-likeness (QED) is 0.0498. The number of halogens is 6. The molecule has 0 radical (unpaired) electrons. The fraction of sp³-hybridized carbons (Fsp3) is 0.302. The molecule has 4 aromatic rings. The summed E-state index contributed by atoms with van der Waals surface area (Å²) < 4.78 is 91.1. The molecule has 0 aliphatic heterocycles. The maximum absolute atomic E-state index is 14.4. The summed E-state index contributed by atoms with van der Waals surface area (Å²) in [5.41, 5.74) is 2.49. The van der Waals surface area contributed by atoms with E-state index in [-0.39, 0.29) is 36.0 Å². The van der Waals surface area contributed by atoms with Gasteiger partial charge in [0.15, 0.2) is 0 Å². The van der Waals surface area contributed by atoms with E-state index in [9.17, 15) is 35.9 Å². The van der Waals surface area contributed by atoms with Gasteiger partial charge in [0.1, 0.15) is 11.5 Å². The van der Waals surface area contributed by atoms with Crippen molar-refractivity contribution in [2.75, 3.05) is 13.3 Å². The van der Waals surface area contributed by atoms with E-state index in [0.29, 0.717) is 24.0 Å². The molecule has 2 N–H and O–H groups in total. The Kier molecular flexibility index (Phi) is 18.1. The van der Waals surface area contributed by atoms with Crippen molar-refractivity contribution in [1.29, 1.82) is 0 Å². The van der Waals surface area contributed by atoms with Gasteiger partial charge in [0.05, 0.1) is 24.5 Å². The van der Waals surface area contributed by atoms with E-state index >= 15 is 0 Å². The van der Waals surface area contributed by atoms with Gasteiger partial charge in [0.25, 0.3) is 0 Å². The van der Waals surface area contributed by atoms with Gasteiger partial charge < -0.3 is 19.7 Å². The number of hydrogen-bond acceptors (Lipinski definition) is 4. The van der Waals surface area contributed by atoms with Crippen LogP contribution in [-0.4, -0.2) is 35.5 Å². The van der Waals surface area contributed by atoms with Gasteiger partial charge in [-0.25, -0.2) is 9.59 Å². The molecular weight excluding hydrogens is 726 g/mol. The molecule has 0 aliphatic carbocycles. The van der Waals surface area contributed by atoms with E-state index in [0.717, 1.165) is 68.2 Å². The second-order valence-electron chi connectivity index (χ2n) is 12.5. The van der Waals surface area contributed by atoms with Crippen LogP contribution in [0, 0.1) is 0 Å². The average Bonchev–Trinajstić information content (AvgIpc) is 3.16. The normalized spacial score (nSPS) is 11.7. The zero-order valence-corrected chi connectivity index (χ0v) is 30.1. The molecule has 0 amide bonds. The zero-order chi connectivity index (χ0) is 40.1.